The van der Waals surface area contributed by atoms with E-state index in [-0.39, 0.29) is 17.5 Å². The monoisotopic (exact) mass is 545 g/mol. The van der Waals surface area contributed by atoms with E-state index in [4.69, 9.17) is 10.5 Å². The molecule has 0 unspecified atom stereocenters. The van der Waals surface area contributed by atoms with E-state index in [9.17, 15) is 18.3 Å². The second kappa shape index (κ2) is 13.8. The maximum Gasteiger partial charge on any atom is 0.235 e. The number of aliphatic hydroxyl groups excluding tert-OH is 1. The number of carbonyl (C=O) groups is 1. The zero-order valence-electron chi connectivity index (χ0n) is 22.8. The number of methoxy groups -OCH3 is 1. The van der Waals surface area contributed by atoms with Crippen LogP contribution in [0.4, 0.5) is 11.4 Å². The molecule has 2 aromatic rings. The number of sulfonamides is 1. The fourth-order valence-electron chi connectivity index (χ4n) is 5.15. The number of carbonyl (C=O) groups excluding carboxylic acids is 1. The lowest BCUT2D eigenvalue weighted by Gasteiger charge is -2.27. The molecule has 0 radical (unpaired) electrons. The third-order valence-corrected chi connectivity index (χ3v) is 8.34. The molecular formula is C29H43N3O5S. The fourth-order valence-corrected chi connectivity index (χ4v) is 6.47. The minimum atomic E-state index is -4.01. The van der Waals surface area contributed by atoms with Gasteiger partial charge >= 0.3 is 0 Å². The van der Waals surface area contributed by atoms with E-state index in [0.29, 0.717) is 36.6 Å². The molecule has 0 saturated heterocycles. The SMILES string of the molecule is COc1cc(N)c(NS(=O)(=O)C[C@H](O)[C@H](Cc2ccccc2)NC(=O)CC2CCCCC2)c(CC(C)C)c1. The Kier molecular flexibility index (Phi) is 10.8. The van der Waals surface area contributed by atoms with Crippen molar-refractivity contribution < 1.29 is 23.1 Å². The fraction of sp³-hybridized carbons (Fsp3) is 0.552. The maximum absolute atomic E-state index is 13.2. The molecular weight excluding hydrogens is 502 g/mol. The summed E-state index contributed by atoms with van der Waals surface area (Å²) >= 11 is 0. The van der Waals surface area contributed by atoms with Crippen LogP contribution in [0.3, 0.4) is 0 Å². The third kappa shape index (κ3) is 9.20. The number of nitrogen functional groups attached to an aromatic ring is 1. The van der Waals surface area contributed by atoms with Gasteiger partial charge in [-0.3, -0.25) is 9.52 Å². The number of aliphatic hydroxyl groups is 1. The number of benzene rings is 2. The van der Waals surface area contributed by atoms with E-state index in [1.807, 2.05) is 44.2 Å². The van der Waals surface area contributed by atoms with Crippen molar-refractivity contribution in [3.63, 3.8) is 0 Å². The second-order valence-electron chi connectivity index (χ2n) is 10.9. The predicted octanol–water partition coefficient (Wildman–Crippen LogP) is 4.28. The normalized spacial score (nSPS) is 16.1. The van der Waals surface area contributed by atoms with Gasteiger partial charge in [-0.2, -0.15) is 0 Å². The molecule has 0 aliphatic heterocycles. The number of hydrogen-bond donors (Lipinski definition) is 4. The first-order valence-electron chi connectivity index (χ1n) is 13.5. The summed E-state index contributed by atoms with van der Waals surface area (Å²) in [6.07, 6.45) is 5.50. The number of anilines is 2. The van der Waals surface area contributed by atoms with Crippen LogP contribution in [-0.2, 0) is 27.7 Å². The zero-order valence-corrected chi connectivity index (χ0v) is 23.6. The zero-order chi connectivity index (χ0) is 27.7. The topological polar surface area (TPSA) is 131 Å². The molecule has 0 bridgehead atoms. The molecule has 1 aliphatic rings. The van der Waals surface area contributed by atoms with Crippen molar-refractivity contribution in [2.45, 2.75) is 77.4 Å². The Morgan fingerprint density at radius 2 is 1.79 bits per heavy atom. The molecule has 1 amide bonds. The van der Waals surface area contributed by atoms with E-state index in [1.54, 1.807) is 12.1 Å². The van der Waals surface area contributed by atoms with Gasteiger partial charge in [-0.25, -0.2) is 8.42 Å². The first-order chi connectivity index (χ1) is 18.1. The smallest absolute Gasteiger partial charge is 0.235 e. The first kappa shape index (κ1) is 29.8. The van der Waals surface area contributed by atoms with E-state index < -0.39 is 27.9 Å². The van der Waals surface area contributed by atoms with Gasteiger partial charge in [0, 0.05) is 12.5 Å². The maximum atomic E-state index is 13.2. The Balaban J connectivity index is 1.76. The lowest BCUT2D eigenvalue weighted by molar-refractivity contribution is -0.123. The van der Waals surface area contributed by atoms with Crippen LogP contribution in [-0.4, -0.2) is 44.4 Å². The summed E-state index contributed by atoms with van der Waals surface area (Å²) in [5.74, 6) is 0.400. The highest BCUT2D eigenvalue weighted by Gasteiger charge is 2.29. The number of nitrogens with two attached hydrogens (primary N) is 1. The van der Waals surface area contributed by atoms with Crippen molar-refractivity contribution in [2.75, 3.05) is 23.3 Å². The number of nitrogens with one attached hydrogen (secondary N) is 2. The van der Waals surface area contributed by atoms with Gasteiger partial charge in [0.2, 0.25) is 15.9 Å². The average molecular weight is 546 g/mol. The van der Waals surface area contributed by atoms with Gasteiger partial charge in [-0.15, -0.1) is 0 Å². The summed E-state index contributed by atoms with van der Waals surface area (Å²) in [5.41, 5.74) is 8.37. The highest BCUT2D eigenvalue weighted by molar-refractivity contribution is 7.92. The first-order valence-corrected chi connectivity index (χ1v) is 15.2. The molecule has 0 heterocycles. The van der Waals surface area contributed by atoms with E-state index >= 15 is 0 Å². The summed E-state index contributed by atoms with van der Waals surface area (Å²) < 4.78 is 34.4. The van der Waals surface area contributed by atoms with Gasteiger partial charge in [0.15, 0.2) is 0 Å². The molecule has 5 N–H and O–H groups in total. The van der Waals surface area contributed by atoms with E-state index in [0.717, 1.165) is 36.8 Å². The van der Waals surface area contributed by atoms with Crippen LogP contribution in [0, 0.1) is 11.8 Å². The van der Waals surface area contributed by atoms with Crippen molar-refractivity contribution in [3.8, 4) is 5.75 Å². The second-order valence-corrected chi connectivity index (χ2v) is 12.6. The molecule has 2 atom stereocenters. The Labute approximate surface area is 227 Å². The van der Waals surface area contributed by atoms with Crippen LogP contribution in [0.2, 0.25) is 0 Å². The van der Waals surface area contributed by atoms with Gasteiger partial charge in [-0.05, 0) is 54.7 Å². The van der Waals surface area contributed by atoms with Crippen molar-refractivity contribution in [1.29, 1.82) is 0 Å². The lowest BCUT2D eigenvalue weighted by atomic mass is 9.86. The van der Waals surface area contributed by atoms with E-state index in [1.165, 1.54) is 13.5 Å². The van der Waals surface area contributed by atoms with Gasteiger partial charge < -0.3 is 20.9 Å². The van der Waals surface area contributed by atoms with Crippen molar-refractivity contribution in [2.24, 2.45) is 11.8 Å². The molecule has 1 fully saturated rings. The Bertz CT molecular complexity index is 1150. The number of rotatable bonds is 13. The van der Waals surface area contributed by atoms with Crippen LogP contribution < -0.4 is 20.5 Å². The Morgan fingerprint density at radius 1 is 1.11 bits per heavy atom. The third-order valence-electron chi connectivity index (χ3n) is 7.04. The lowest BCUT2D eigenvalue weighted by Crippen LogP contribution is -2.48. The molecule has 210 valence electrons. The van der Waals surface area contributed by atoms with Gasteiger partial charge in [0.25, 0.3) is 0 Å². The predicted molar refractivity (Wildman–Crippen MR) is 153 cm³/mol. The minimum Gasteiger partial charge on any atom is -0.497 e. The van der Waals surface area contributed by atoms with Gasteiger partial charge in [0.1, 0.15) is 5.75 Å². The van der Waals surface area contributed by atoms with Crippen molar-refractivity contribution >= 4 is 27.3 Å². The molecule has 3 rings (SSSR count). The minimum absolute atomic E-state index is 0.152. The molecule has 38 heavy (non-hydrogen) atoms. The molecule has 9 heteroatoms. The number of ether oxygens (including phenoxy) is 1. The van der Waals surface area contributed by atoms with Crippen LogP contribution in [0.1, 0.15) is 63.5 Å². The number of amides is 1. The van der Waals surface area contributed by atoms with Crippen LogP contribution in [0.15, 0.2) is 42.5 Å². The van der Waals surface area contributed by atoms with Crippen molar-refractivity contribution in [3.05, 3.63) is 53.6 Å². The van der Waals surface area contributed by atoms with Gasteiger partial charge in [-0.1, -0.05) is 63.4 Å². The Morgan fingerprint density at radius 3 is 2.42 bits per heavy atom. The number of hydrogen-bond acceptors (Lipinski definition) is 6. The molecule has 8 nitrogen and oxygen atoms in total. The molecule has 1 saturated carbocycles. The molecule has 1 aliphatic carbocycles. The van der Waals surface area contributed by atoms with Gasteiger partial charge in [0.05, 0.1) is 36.4 Å². The van der Waals surface area contributed by atoms with Crippen molar-refractivity contribution in [1.82, 2.24) is 5.32 Å². The summed E-state index contributed by atoms with van der Waals surface area (Å²) in [6.45, 7) is 4.06. The molecule has 2 aromatic carbocycles. The average Bonchev–Trinajstić information content (AvgIpc) is 2.86. The summed E-state index contributed by atoms with van der Waals surface area (Å²) in [7, 11) is -2.48. The quantitative estimate of drug-likeness (QED) is 0.278. The van der Waals surface area contributed by atoms with Crippen LogP contribution in [0.5, 0.6) is 5.75 Å². The van der Waals surface area contributed by atoms with Crippen LogP contribution in [0.25, 0.3) is 0 Å². The highest BCUT2D eigenvalue weighted by Crippen LogP contribution is 2.32. The summed E-state index contributed by atoms with van der Waals surface area (Å²) in [4.78, 5) is 12.9. The molecule has 0 aromatic heterocycles. The highest BCUT2D eigenvalue weighted by atomic mass is 32.2. The molecule has 0 spiro atoms. The summed E-state index contributed by atoms with van der Waals surface area (Å²) in [6, 6.07) is 12.0. The van der Waals surface area contributed by atoms with E-state index in [2.05, 4.69) is 10.0 Å². The summed E-state index contributed by atoms with van der Waals surface area (Å²) in [5, 5.41) is 14.1. The standard InChI is InChI=1S/C29H43N3O5S/c1-20(2)14-23-17-24(37-3)18-25(30)29(23)32-38(35,36)19-27(33)26(15-21-10-6-4-7-11-21)31-28(34)16-22-12-8-5-9-13-22/h4,6-7,10-11,17-18,20,22,26-27,32-33H,5,8-9,12-16,19,30H2,1-3H3,(H,31,34)/t26-,27-/m0/s1. The largest absolute Gasteiger partial charge is 0.497 e. The van der Waals surface area contributed by atoms with Crippen LogP contribution >= 0.6 is 0 Å². The Hall–Kier alpha value is -2.78.